The van der Waals surface area contributed by atoms with E-state index in [4.69, 9.17) is 14.2 Å². The van der Waals surface area contributed by atoms with Crippen LogP contribution >= 0.6 is 11.8 Å². The molecule has 1 heterocycles. The average Bonchev–Trinajstić information content (AvgIpc) is 3.05. The van der Waals surface area contributed by atoms with Crippen LogP contribution in [0.15, 0.2) is 41.3 Å². The van der Waals surface area contributed by atoms with Crippen molar-refractivity contribution in [2.45, 2.75) is 0 Å². The Balaban J connectivity index is 2.03. The largest absolute Gasteiger partial charge is 0.493 e. The molecule has 12 nitrogen and oxygen atoms in total. The van der Waals surface area contributed by atoms with E-state index in [1.807, 2.05) is 0 Å². The van der Waals surface area contributed by atoms with Crippen LogP contribution in [0.25, 0.3) is 6.08 Å². The van der Waals surface area contributed by atoms with Gasteiger partial charge in [-0.1, -0.05) is 12.1 Å². The van der Waals surface area contributed by atoms with Crippen LogP contribution in [0.4, 0.5) is 16.2 Å². The Kier molecular flexibility index (Phi) is 7.25. The van der Waals surface area contributed by atoms with Gasteiger partial charge in [-0.05, 0) is 30.0 Å². The number of ether oxygens (including phenoxy) is 3. The first-order valence-electron chi connectivity index (χ1n) is 9.28. The number of nitro groups is 2. The maximum Gasteiger partial charge on any atom is 0.318 e. The number of carbonyl (C=O) groups is 2. The van der Waals surface area contributed by atoms with Gasteiger partial charge in [0.25, 0.3) is 16.8 Å². The van der Waals surface area contributed by atoms with Crippen molar-refractivity contribution in [1.29, 1.82) is 0 Å². The normalized spacial score (nSPS) is 14.6. The Morgan fingerprint density at radius 1 is 1.06 bits per heavy atom. The number of rotatable bonds is 9. The van der Waals surface area contributed by atoms with Crippen molar-refractivity contribution in [3.05, 3.63) is 67.1 Å². The van der Waals surface area contributed by atoms with E-state index in [-0.39, 0.29) is 35.3 Å². The Bertz CT molecular complexity index is 1170. The minimum Gasteiger partial charge on any atom is -0.493 e. The van der Waals surface area contributed by atoms with E-state index < -0.39 is 32.4 Å². The van der Waals surface area contributed by atoms with Gasteiger partial charge in [-0.25, -0.2) is 0 Å². The number of carbonyl (C=O) groups excluding carboxylic acids is 2. The number of nitrogens with zero attached hydrogens (tertiary/aromatic N) is 3. The molecule has 0 spiro atoms. The lowest BCUT2D eigenvalue weighted by Gasteiger charge is -2.13. The predicted octanol–water partition coefficient (Wildman–Crippen LogP) is 3.99. The van der Waals surface area contributed by atoms with Crippen LogP contribution in [-0.4, -0.2) is 53.3 Å². The summed E-state index contributed by atoms with van der Waals surface area (Å²) in [5.74, 6) is -0.564. The number of amides is 2. The first-order chi connectivity index (χ1) is 15.8. The van der Waals surface area contributed by atoms with E-state index in [1.54, 1.807) is 12.1 Å². The van der Waals surface area contributed by atoms with Gasteiger partial charge in [0.05, 0.1) is 41.1 Å². The van der Waals surface area contributed by atoms with Gasteiger partial charge in [0.1, 0.15) is 0 Å². The van der Waals surface area contributed by atoms with Crippen molar-refractivity contribution in [3.8, 4) is 17.2 Å². The summed E-state index contributed by atoms with van der Waals surface area (Å²) in [6, 6.07) is 7.67. The molecule has 0 atom stereocenters. The van der Waals surface area contributed by atoms with Crippen molar-refractivity contribution in [3.63, 3.8) is 0 Å². The number of hydrogen-bond donors (Lipinski definition) is 0. The highest BCUT2D eigenvalue weighted by molar-refractivity contribution is 8.18. The quantitative estimate of drug-likeness (QED) is 0.296. The number of non-ortho nitro benzene ring substituents is 1. The third-order valence-electron chi connectivity index (χ3n) is 4.47. The van der Waals surface area contributed by atoms with Gasteiger partial charge in [0.2, 0.25) is 5.75 Å². The summed E-state index contributed by atoms with van der Waals surface area (Å²) in [7, 11) is 2.81. The smallest absolute Gasteiger partial charge is 0.318 e. The second-order valence-electron chi connectivity index (χ2n) is 6.47. The minimum atomic E-state index is -0.807. The molecular weight excluding hydrogens is 458 g/mol. The number of para-hydroxylation sites is 1. The van der Waals surface area contributed by atoms with Crippen LogP contribution in [0.5, 0.6) is 17.2 Å². The van der Waals surface area contributed by atoms with Gasteiger partial charge in [-0.2, -0.15) is 0 Å². The monoisotopic (exact) mass is 475 g/mol. The van der Waals surface area contributed by atoms with E-state index >= 15 is 0 Å². The highest BCUT2D eigenvalue weighted by Gasteiger charge is 2.35. The summed E-state index contributed by atoms with van der Waals surface area (Å²) in [6.45, 7) is 0.275. The molecule has 0 aliphatic carbocycles. The standard InChI is InChI=1S/C20H17N3O9S/c1-30-9-8-21-19(24)17(33-20(21)25)10-12-4-3-5-16(31-2)18(12)32-15-7-6-13(22(26)27)11-14(15)23(28)29/h3-7,10-11H,8-9H2,1-2H3/b17-10+. The van der Waals surface area contributed by atoms with E-state index in [2.05, 4.69) is 0 Å². The van der Waals surface area contributed by atoms with Crippen molar-refractivity contribution in [1.82, 2.24) is 4.90 Å². The van der Waals surface area contributed by atoms with Crippen LogP contribution in [-0.2, 0) is 9.53 Å². The molecule has 0 unspecified atom stereocenters. The van der Waals surface area contributed by atoms with Gasteiger partial charge >= 0.3 is 5.69 Å². The number of nitro benzene ring substituents is 2. The zero-order valence-electron chi connectivity index (χ0n) is 17.4. The second kappa shape index (κ2) is 10.1. The predicted molar refractivity (Wildman–Crippen MR) is 117 cm³/mol. The lowest BCUT2D eigenvalue weighted by atomic mass is 10.1. The van der Waals surface area contributed by atoms with Crippen molar-refractivity contribution in [2.75, 3.05) is 27.4 Å². The molecule has 1 saturated heterocycles. The van der Waals surface area contributed by atoms with Gasteiger partial charge in [-0.3, -0.25) is 34.7 Å². The lowest BCUT2D eigenvalue weighted by Crippen LogP contribution is -2.31. The first-order valence-corrected chi connectivity index (χ1v) is 10.1. The highest BCUT2D eigenvalue weighted by Crippen LogP contribution is 2.42. The van der Waals surface area contributed by atoms with Gasteiger partial charge in [0.15, 0.2) is 11.5 Å². The molecule has 0 saturated carbocycles. The zero-order valence-corrected chi connectivity index (χ0v) is 18.2. The molecule has 0 aromatic heterocycles. The Morgan fingerprint density at radius 2 is 1.82 bits per heavy atom. The van der Waals surface area contributed by atoms with Crippen molar-refractivity contribution in [2.24, 2.45) is 0 Å². The molecule has 172 valence electrons. The minimum absolute atomic E-state index is 0.0284. The Morgan fingerprint density at radius 3 is 2.45 bits per heavy atom. The molecule has 0 N–H and O–H groups in total. The van der Waals surface area contributed by atoms with Crippen LogP contribution in [0, 0.1) is 20.2 Å². The number of benzene rings is 2. The van der Waals surface area contributed by atoms with E-state index in [9.17, 15) is 29.8 Å². The third kappa shape index (κ3) is 5.10. The molecule has 2 aromatic carbocycles. The van der Waals surface area contributed by atoms with Crippen molar-refractivity contribution < 1.29 is 33.6 Å². The van der Waals surface area contributed by atoms with Gasteiger partial charge in [-0.15, -0.1) is 0 Å². The van der Waals surface area contributed by atoms with Crippen LogP contribution in [0.1, 0.15) is 5.56 Å². The summed E-state index contributed by atoms with van der Waals surface area (Å²) < 4.78 is 16.0. The zero-order chi connectivity index (χ0) is 24.1. The van der Waals surface area contributed by atoms with E-state index in [1.165, 1.54) is 26.4 Å². The first kappa shape index (κ1) is 23.7. The summed E-state index contributed by atoms with van der Waals surface area (Å²) in [6.07, 6.45) is 1.41. The number of hydrogen-bond acceptors (Lipinski definition) is 10. The van der Waals surface area contributed by atoms with Crippen LogP contribution in [0.2, 0.25) is 0 Å². The molecule has 1 fully saturated rings. The fourth-order valence-corrected chi connectivity index (χ4v) is 3.75. The fraction of sp³-hybridized carbons (Fsp3) is 0.200. The second-order valence-corrected chi connectivity index (χ2v) is 7.47. The van der Waals surface area contributed by atoms with E-state index in [0.717, 1.165) is 34.9 Å². The molecule has 0 bridgehead atoms. The number of imide groups is 1. The molecule has 33 heavy (non-hydrogen) atoms. The number of methoxy groups -OCH3 is 2. The van der Waals surface area contributed by atoms with E-state index in [0.29, 0.717) is 5.56 Å². The summed E-state index contributed by atoms with van der Waals surface area (Å²) in [5.41, 5.74) is -0.792. The Hall–Kier alpha value is -3.97. The lowest BCUT2D eigenvalue weighted by molar-refractivity contribution is -0.394. The number of thioether (sulfide) groups is 1. The maximum absolute atomic E-state index is 12.6. The SMILES string of the molecule is COCCN1C(=O)S/C(=C/c2cccc(OC)c2Oc2ccc([N+](=O)[O-])cc2[N+](=O)[O-])C1=O. The third-order valence-corrected chi connectivity index (χ3v) is 5.38. The van der Waals surface area contributed by atoms with Gasteiger partial charge in [0, 0.05) is 18.7 Å². The molecule has 0 radical (unpaired) electrons. The van der Waals surface area contributed by atoms with Crippen LogP contribution < -0.4 is 9.47 Å². The summed E-state index contributed by atoms with van der Waals surface area (Å²) in [4.78, 5) is 46.9. The summed E-state index contributed by atoms with van der Waals surface area (Å²) >= 11 is 0.732. The molecular formula is C20H17N3O9S. The van der Waals surface area contributed by atoms with Crippen molar-refractivity contribution >= 4 is 40.4 Å². The molecule has 2 amide bonds. The topological polar surface area (TPSA) is 151 Å². The highest BCUT2D eigenvalue weighted by atomic mass is 32.2. The fourth-order valence-electron chi connectivity index (χ4n) is 2.89. The van der Waals surface area contributed by atoms with Gasteiger partial charge < -0.3 is 14.2 Å². The van der Waals surface area contributed by atoms with Crippen LogP contribution in [0.3, 0.4) is 0 Å². The average molecular weight is 475 g/mol. The Labute approximate surface area is 191 Å². The summed E-state index contributed by atoms with van der Waals surface area (Å²) in [5, 5.41) is 22.0. The maximum atomic E-state index is 12.6. The molecule has 1 aliphatic rings. The molecule has 13 heteroatoms. The molecule has 2 aromatic rings. The molecule has 3 rings (SSSR count). The molecule has 1 aliphatic heterocycles.